The molecule has 4 aromatic rings. The molecule has 0 aliphatic heterocycles. The lowest BCUT2D eigenvalue weighted by Crippen LogP contribution is -2.23. The standard InChI is InChI=1S/C25H19BrCl3N3O2/c1-14(2)24-31-22-7-5-17(26)11-18(22)25(33)32(24)30-12-15-4-8-23(21(29)9-15)34-13-16-3-6-19(27)20(28)10-16/h3-12,14H,13H2,1-2H3. The fourth-order valence-corrected chi connectivity index (χ4v) is 4.21. The van der Waals surface area contributed by atoms with Gasteiger partial charge in [0.15, 0.2) is 0 Å². The summed E-state index contributed by atoms with van der Waals surface area (Å²) in [6.07, 6.45) is 1.58. The molecule has 0 radical (unpaired) electrons. The van der Waals surface area contributed by atoms with Crippen molar-refractivity contribution in [2.75, 3.05) is 0 Å². The van der Waals surface area contributed by atoms with Crippen LogP contribution in [0.4, 0.5) is 0 Å². The van der Waals surface area contributed by atoms with Gasteiger partial charge in [-0.15, -0.1) is 0 Å². The molecule has 174 valence electrons. The van der Waals surface area contributed by atoms with Gasteiger partial charge in [0.1, 0.15) is 18.2 Å². The molecule has 4 rings (SSSR count). The topological polar surface area (TPSA) is 56.5 Å². The van der Waals surface area contributed by atoms with Gasteiger partial charge in [0.2, 0.25) is 0 Å². The highest BCUT2D eigenvalue weighted by Crippen LogP contribution is 2.28. The molecular formula is C25H19BrCl3N3O2. The molecule has 0 atom stereocenters. The molecule has 5 nitrogen and oxygen atoms in total. The van der Waals surface area contributed by atoms with E-state index in [0.717, 1.165) is 10.0 Å². The Balaban J connectivity index is 1.59. The van der Waals surface area contributed by atoms with E-state index in [4.69, 9.17) is 39.5 Å². The van der Waals surface area contributed by atoms with Gasteiger partial charge in [-0.3, -0.25) is 4.79 Å². The lowest BCUT2D eigenvalue weighted by atomic mass is 10.2. The fourth-order valence-electron chi connectivity index (χ4n) is 3.28. The van der Waals surface area contributed by atoms with Crippen LogP contribution < -0.4 is 10.3 Å². The zero-order valence-corrected chi connectivity index (χ0v) is 22.1. The number of rotatable bonds is 6. The number of hydrogen-bond donors (Lipinski definition) is 0. The monoisotopic (exact) mass is 577 g/mol. The highest BCUT2D eigenvalue weighted by atomic mass is 79.9. The molecule has 34 heavy (non-hydrogen) atoms. The van der Waals surface area contributed by atoms with Gasteiger partial charge in [0.25, 0.3) is 5.56 Å². The van der Waals surface area contributed by atoms with Gasteiger partial charge >= 0.3 is 0 Å². The summed E-state index contributed by atoms with van der Waals surface area (Å²) in [6.45, 7) is 4.22. The number of benzene rings is 3. The Morgan fingerprint density at radius 1 is 1.03 bits per heavy atom. The zero-order valence-electron chi connectivity index (χ0n) is 18.2. The van der Waals surface area contributed by atoms with Crippen LogP contribution in [0.5, 0.6) is 5.75 Å². The van der Waals surface area contributed by atoms with Gasteiger partial charge in [-0.25, -0.2) is 4.98 Å². The fraction of sp³-hybridized carbons (Fsp3) is 0.160. The molecule has 0 aliphatic carbocycles. The van der Waals surface area contributed by atoms with E-state index in [1.165, 1.54) is 4.68 Å². The van der Waals surface area contributed by atoms with Crippen LogP contribution in [0.2, 0.25) is 15.1 Å². The Labute approximate surface area is 220 Å². The van der Waals surface area contributed by atoms with Crippen molar-refractivity contribution < 1.29 is 4.74 Å². The highest BCUT2D eigenvalue weighted by molar-refractivity contribution is 9.10. The van der Waals surface area contributed by atoms with E-state index in [1.807, 2.05) is 38.1 Å². The second kappa shape index (κ2) is 10.5. The van der Waals surface area contributed by atoms with Gasteiger partial charge < -0.3 is 4.74 Å². The van der Waals surface area contributed by atoms with E-state index < -0.39 is 0 Å². The normalized spacial score (nSPS) is 11.6. The van der Waals surface area contributed by atoms with E-state index in [1.54, 1.807) is 36.5 Å². The molecule has 0 fully saturated rings. The Kier molecular flexibility index (Phi) is 7.63. The van der Waals surface area contributed by atoms with E-state index in [0.29, 0.717) is 43.1 Å². The minimum atomic E-state index is -0.237. The van der Waals surface area contributed by atoms with E-state index in [9.17, 15) is 4.79 Å². The summed E-state index contributed by atoms with van der Waals surface area (Å²) in [5.74, 6) is 1.09. The number of hydrogen-bond acceptors (Lipinski definition) is 4. The molecule has 0 saturated carbocycles. The maximum atomic E-state index is 13.1. The van der Waals surface area contributed by atoms with Crippen LogP contribution in [0.15, 0.2) is 69.0 Å². The number of nitrogens with zero attached hydrogens (tertiary/aromatic N) is 3. The van der Waals surface area contributed by atoms with Gasteiger partial charge in [-0.05, 0) is 59.7 Å². The molecule has 0 N–H and O–H groups in total. The Bertz CT molecular complexity index is 1470. The summed E-state index contributed by atoms with van der Waals surface area (Å²) in [7, 11) is 0. The number of ether oxygens (including phenoxy) is 1. The molecule has 0 amide bonds. The van der Waals surface area contributed by atoms with Gasteiger partial charge in [-0.2, -0.15) is 9.78 Å². The minimum absolute atomic E-state index is 0.00127. The van der Waals surface area contributed by atoms with Gasteiger partial charge in [0.05, 0.1) is 32.2 Å². The van der Waals surface area contributed by atoms with Crippen LogP contribution in [0.1, 0.15) is 36.7 Å². The van der Waals surface area contributed by atoms with E-state index in [2.05, 4.69) is 26.0 Å². The molecule has 0 spiro atoms. The van der Waals surface area contributed by atoms with Crippen LogP contribution in [0, 0.1) is 0 Å². The van der Waals surface area contributed by atoms with Crippen LogP contribution in [-0.4, -0.2) is 15.9 Å². The zero-order chi connectivity index (χ0) is 24.4. The maximum absolute atomic E-state index is 13.1. The van der Waals surface area contributed by atoms with Gasteiger partial charge in [-0.1, -0.05) is 70.6 Å². The van der Waals surface area contributed by atoms with Crippen LogP contribution in [-0.2, 0) is 6.61 Å². The first-order valence-electron chi connectivity index (χ1n) is 10.4. The van der Waals surface area contributed by atoms with Crippen LogP contribution in [0.25, 0.3) is 10.9 Å². The Morgan fingerprint density at radius 3 is 2.53 bits per heavy atom. The quantitative estimate of drug-likeness (QED) is 0.220. The highest BCUT2D eigenvalue weighted by Gasteiger charge is 2.14. The van der Waals surface area contributed by atoms with Crippen LogP contribution in [0.3, 0.4) is 0 Å². The maximum Gasteiger partial charge on any atom is 0.282 e. The van der Waals surface area contributed by atoms with Crippen LogP contribution >= 0.6 is 50.7 Å². The SMILES string of the molecule is CC(C)c1nc2ccc(Br)cc2c(=O)n1N=Cc1ccc(OCc2ccc(Cl)c(Cl)c2)c(Cl)c1. The summed E-state index contributed by atoms with van der Waals surface area (Å²) in [6, 6.07) is 16.0. The van der Waals surface area contributed by atoms with Gasteiger partial charge in [0, 0.05) is 10.4 Å². The molecule has 1 aromatic heterocycles. The van der Waals surface area contributed by atoms with Crippen molar-refractivity contribution in [3.05, 3.63) is 101 Å². The Hall–Kier alpha value is -2.38. The van der Waals surface area contributed by atoms with Crippen molar-refractivity contribution in [2.24, 2.45) is 5.10 Å². The largest absolute Gasteiger partial charge is 0.487 e. The average Bonchev–Trinajstić information content (AvgIpc) is 2.80. The molecule has 0 bridgehead atoms. The lowest BCUT2D eigenvalue weighted by Gasteiger charge is -2.12. The summed E-state index contributed by atoms with van der Waals surface area (Å²) in [4.78, 5) is 17.8. The molecule has 0 unspecified atom stereocenters. The second-order valence-corrected chi connectivity index (χ2v) is 10.0. The smallest absolute Gasteiger partial charge is 0.282 e. The molecule has 3 aromatic carbocycles. The molecule has 0 saturated heterocycles. The third-order valence-electron chi connectivity index (χ3n) is 5.01. The minimum Gasteiger partial charge on any atom is -0.487 e. The Morgan fingerprint density at radius 2 is 1.82 bits per heavy atom. The summed E-state index contributed by atoms with van der Waals surface area (Å²) >= 11 is 21.8. The second-order valence-electron chi connectivity index (χ2n) is 7.87. The first kappa shape index (κ1) is 24.7. The predicted octanol–water partition coefficient (Wildman–Crippen LogP) is 7.70. The van der Waals surface area contributed by atoms with Crippen molar-refractivity contribution >= 4 is 67.9 Å². The average molecular weight is 580 g/mol. The third kappa shape index (κ3) is 5.47. The van der Waals surface area contributed by atoms with Crippen molar-refractivity contribution in [1.29, 1.82) is 0 Å². The van der Waals surface area contributed by atoms with E-state index >= 15 is 0 Å². The summed E-state index contributed by atoms with van der Waals surface area (Å²) in [5, 5.41) is 6.29. The molecular weight excluding hydrogens is 561 g/mol. The number of halogens is 4. The summed E-state index contributed by atoms with van der Waals surface area (Å²) in [5.41, 5.74) is 1.98. The van der Waals surface area contributed by atoms with Crippen molar-refractivity contribution in [3.8, 4) is 5.75 Å². The number of fused-ring (bicyclic) bond motifs is 1. The predicted molar refractivity (Wildman–Crippen MR) is 143 cm³/mol. The van der Waals surface area contributed by atoms with E-state index in [-0.39, 0.29) is 18.1 Å². The first-order valence-corrected chi connectivity index (χ1v) is 12.3. The van der Waals surface area contributed by atoms with Crippen molar-refractivity contribution in [1.82, 2.24) is 9.66 Å². The first-order chi connectivity index (χ1) is 16.2. The number of aromatic nitrogens is 2. The van der Waals surface area contributed by atoms with Crippen molar-refractivity contribution in [3.63, 3.8) is 0 Å². The molecule has 1 heterocycles. The third-order valence-corrected chi connectivity index (χ3v) is 6.53. The summed E-state index contributed by atoms with van der Waals surface area (Å²) < 4.78 is 7.95. The lowest BCUT2D eigenvalue weighted by molar-refractivity contribution is 0.306. The molecule has 9 heteroatoms. The molecule has 0 aliphatic rings. The van der Waals surface area contributed by atoms with Crippen molar-refractivity contribution in [2.45, 2.75) is 26.4 Å².